The van der Waals surface area contributed by atoms with E-state index >= 15 is 0 Å². The fourth-order valence-electron chi connectivity index (χ4n) is 4.92. The highest BCUT2D eigenvalue weighted by Gasteiger charge is 2.41. The highest BCUT2D eigenvalue weighted by Crippen LogP contribution is 2.36. The Kier molecular flexibility index (Phi) is 7.57. The maximum atomic E-state index is 13.2. The fraction of sp³-hybridized carbons (Fsp3) is 0.480. The second-order valence-electron chi connectivity index (χ2n) is 9.07. The topological polar surface area (TPSA) is 99.2 Å². The first-order valence-electron chi connectivity index (χ1n) is 11.8. The van der Waals surface area contributed by atoms with E-state index in [1.165, 1.54) is 11.4 Å². The molecule has 184 valence electrons. The Morgan fingerprint density at radius 3 is 2.24 bits per heavy atom. The van der Waals surface area contributed by atoms with Gasteiger partial charge in [0, 0.05) is 38.1 Å². The number of benzene rings is 2. The van der Waals surface area contributed by atoms with Crippen LogP contribution in [-0.4, -0.2) is 74.0 Å². The molecule has 1 amide bonds. The van der Waals surface area contributed by atoms with Crippen LogP contribution >= 0.6 is 0 Å². The third-order valence-electron chi connectivity index (χ3n) is 7.08. The fourth-order valence-corrected chi connectivity index (χ4v) is 6.56. The van der Waals surface area contributed by atoms with Crippen LogP contribution in [-0.2, 0) is 15.6 Å². The maximum Gasteiger partial charge on any atom is 0.281 e. The van der Waals surface area contributed by atoms with Crippen LogP contribution < -0.4 is 10.1 Å². The number of hydrogen-bond acceptors (Lipinski definition) is 5. The van der Waals surface area contributed by atoms with Crippen molar-refractivity contribution in [3.05, 3.63) is 65.7 Å². The zero-order valence-corrected chi connectivity index (χ0v) is 20.3. The standard InChI is InChI=1S/C25H33N3O5S/c1-33-23-10-6-5-9-22(23)24(30)26-19-25(20-7-3-2-4-8-20)13-17-28(18-14-25)34(31,32)27-15-11-21(29)12-16-27/h2-10,21,29H,11-19H2,1H3,(H,26,30). The Hall–Kier alpha value is -2.46. The second kappa shape index (κ2) is 10.4. The van der Waals surface area contributed by atoms with Crippen molar-refractivity contribution < 1.29 is 23.1 Å². The normalized spacial score (nSPS) is 20.1. The molecule has 2 heterocycles. The Balaban J connectivity index is 1.49. The number of para-hydroxylation sites is 1. The zero-order chi connectivity index (χ0) is 24.2. The van der Waals surface area contributed by atoms with E-state index in [2.05, 4.69) is 5.32 Å². The van der Waals surface area contributed by atoms with Crippen molar-refractivity contribution >= 4 is 16.1 Å². The van der Waals surface area contributed by atoms with Gasteiger partial charge in [0.25, 0.3) is 16.1 Å². The molecule has 0 spiro atoms. The van der Waals surface area contributed by atoms with Gasteiger partial charge in [-0.05, 0) is 43.4 Å². The molecular formula is C25H33N3O5S. The lowest BCUT2D eigenvalue weighted by molar-refractivity contribution is 0.0925. The number of hydrogen-bond donors (Lipinski definition) is 2. The number of aliphatic hydroxyl groups is 1. The smallest absolute Gasteiger partial charge is 0.281 e. The van der Waals surface area contributed by atoms with Gasteiger partial charge in [0.1, 0.15) is 5.75 Å². The third kappa shape index (κ3) is 5.12. The average Bonchev–Trinajstić information content (AvgIpc) is 2.88. The van der Waals surface area contributed by atoms with Crippen LogP contribution in [0.1, 0.15) is 41.6 Å². The van der Waals surface area contributed by atoms with Crippen molar-refractivity contribution in [3.63, 3.8) is 0 Å². The van der Waals surface area contributed by atoms with E-state index in [4.69, 9.17) is 4.74 Å². The molecule has 2 aromatic rings. The summed E-state index contributed by atoms with van der Waals surface area (Å²) in [7, 11) is -2.03. The molecule has 2 aliphatic rings. The van der Waals surface area contributed by atoms with Crippen LogP contribution in [0.15, 0.2) is 54.6 Å². The van der Waals surface area contributed by atoms with Crippen molar-refractivity contribution in [1.82, 2.24) is 13.9 Å². The second-order valence-corrected chi connectivity index (χ2v) is 11.0. The van der Waals surface area contributed by atoms with Gasteiger partial charge in [0.2, 0.25) is 0 Å². The number of carbonyl (C=O) groups excluding carboxylic acids is 1. The summed E-state index contributed by atoms with van der Waals surface area (Å²) in [5, 5.41) is 12.8. The number of ether oxygens (including phenoxy) is 1. The highest BCUT2D eigenvalue weighted by atomic mass is 32.2. The number of methoxy groups -OCH3 is 1. The maximum absolute atomic E-state index is 13.2. The number of piperidine rings is 2. The monoisotopic (exact) mass is 487 g/mol. The van der Waals surface area contributed by atoms with E-state index in [9.17, 15) is 18.3 Å². The van der Waals surface area contributed by atoms with Gasteiger partial charge in [-0.1, -0.05) is 42.5 Å². The lowest BCUT2D eigenvalue weighted by Gasteiger charge is -2.43. The van der Waals surface area contributed by atoms with Crippen molar-refractivity contribution in [2.24, 2.45) is 0 Å². The molecule has 8 nitrogen and oxygen atoms in total. The summed E-state index contributed by atoms with van der Waals surface area (Å²) in [4.78, 5) is 13.0. The predicted molar refractivity (Wildman–Crippen MR) is 130 cm³/mol. The molecule has 0 unspecified atom stereocenters. The van der Waals surface area contributed by atoms with Gasteiger partial charge in [0.05, 0.1) is 18.8 Å². The molecule has 2 fully saturated rings. The largest absolute Gasteiger partial charge is 0.496 e. The van der Waals surface area contributed by atoms with E-state index in [-0.39, 0.29) is 11.3 Å². The van der Waals surface area contributed by atoms with Crippen molar-refractivity contribution in [3.8, 4) is 5.75 Å². The van der Waals surface area contributed by atoms with Crippen LogP contribution in [0.2, 0.25) is 0 Å². The minimum atomic E-state index is -3.57. The summed E-state index contributed by atoms with van der Waals surface area (Å²) in [6.07, 6.45) is 1.70. The van der Waals surface area contributed by atoms with Gasteiger partial charge in [-0.3, -0.25) is 4.79 Å². The van der Waals surface area contributed by atoms with Crippen LogP contribution in [0.4, 0.5) is 0 Å². The number of aliphatic hydroxyl groups excluding tert-OH is 1. The molecule has 0 radical (unpaired) electrons. The molecule has 2 saturated heterocycles. The first-order valence-corrected chi connectivity index (χ1v) is 13.2. The summed E-state index contributed by atoms with van der Waals surface area (Å²) in [6.45, 7) is 1.84. The summed E-state index contributed by atoms with van der Waals surface area (Å²) in [5.41, 5.74) is 1.19. The summed E-state index contributed by atoms with van der Waals surface area (Å²) >= 11 is 0. The van der Waals surface area contributed by atoms with E-state index in [0.717, 1.165) is 5.56 Å². The molecule has 2 aliphatic heterocycles. The van der Waals surface area contributed by atoms with Crippen molar-refractivity contribution in [1.29, 1.82) is 0 Å². The summed E-state index contributed by atoms with van der Waals surface area (Å²) in [6, 6.07) is 17.1. The van der Waals surface area contributed by atoms with Crippen LogP contribution in [0.25, 0.3) is 0 Å². The molecule has 34 heavy (non-hydrogen) atoms. The summed E-state index contributed by atoms with van der Waals surface area (Å²) in [5.74, 6) is 0.302. The minimum absolute atomic E-state index is 0.213. The predicted octanol–water partition coefficient (Wildman–Crippen LogP) is 2.16. The SMILES string of the molecule is COc1ccccc1C(=O)NCC1(c2ccccc2)CCN(S(=O)(=O)N2CCC(O)CC2)CC1. The van der Waals surface area contributed by atoms with Gasteiger partial charge in [-0.2, -0.15) is 17.0 Å². The van der Waals surface area contributed by atoms with Gasteiger partial charge in [-0.15, -0.1) is 0 Å². The third-order valence-corrected chi connectivity index (χ3v) is 9.12. The zero-order valence-electron chi connectivity index (χ0n) is 19.5. The Morgan fingerprint density at radius 2 is 1.59 bits per heavy atom. The average molecular weight is 488 g/mol. The number of rotatable bonds is 7. The molecular weight excluding hydrogens is 454 g/mol. The molecule has 2 aromatic carbocycles. The lowest BCUT2D eigenvalue weighted by Crippen LogP contribution is -2.54. The van der Waals surface area contributed by atoms with Crippen molar-refractivity contribution in [2.45, 2.75) is 37.2 Å². The number of amides is 1. The molecule has 0 aliphatic carbocycles. The van der Waals surface area contributed by atoms with Gasteiger partial charge in [-0.25, -0.2) is 0 Å². The highest BCUT2D eigenvalue weighted by molar-refractivity contribution is 7.86. The number of carbonyl (C=O) groups is 1. The first-order chi connectivity index (χ1) is 16.4. The Labute approximate surface area is 201 Å². The molecule has 0 saturated carbocycles. The van der Waals surface area contributed by atoms with Crippen LogP contribution in [0.3, 0.4) is 0 Å². The summed E-state index contributed by atoms with van der Waals surface area (Å²) < 4.78 is 34.8. The number of nitrogens with one attached hydrogen (secondary N) is 1. The molecule has 0 bridgehead atoms. The van der Waals surface area contributed by atoms with E-state index in [1.807, 2.05) is 36.4 Å². The molecule has 0 atom stereocenters. The van der Waals surface area contributed by atoms with E-state index < -0.39 is 16.3 Å². The van der Waals surface area contributed by atoms with Gasteiger partial charge < -0.3 is 15.2 Å². The molecule has 2 N–H and O–H groups in total. The van der Waals surface area contributed by atoms with E-state index in [0.29, 0.717) is 69.7 Å². The quantitative estimate of drug-likeness (QED) is 0.624. The molecule has 9 heteroatoms. The lowest BCUT2D eigenvalue weighted by atomic mass is 9.73. The van der Waals surface area contributed by atoms with E-state index in [1.54, 1.807) is 22.5 Å². The number of nitrogens with zero attached hydrogens (tertiary/aromatic N) is 2. The Morgan fingerprint density at radius 1 is 1.00 bits per heavy atom. The van der Waals surface area contributed by atoms with Gasteiger partial charge >= 0.3 is 0 Å². The van der Waals surface area contributed by atoms with Crippen LogP contribution in [0.5, 0.6) is 5.75 Å². The first kappa shape index (κ1) is 24.7. The molecule has 4 rings (SSSR count). The van der Waals surface area contributed by atoms with Crippen molar-refractivity contribution in [2.75, 3.05) is 39.8 Å². The Bertz CT molecular complexity index is 1080. The minimum Gasteiger partial charge on any atom is -0.496 e. The molecule has 0 aromatic heterocycles. The van der Waals surface area contributed by atoms with Gasteiger partial charge in [0.15, 0.2) is 0 Å². The van der Waals surface area contributed by atoms with Crippen LogP contribution in [0, 0.1) is 0 Å².